The minimum atomic E-state index is -1.55. The van der Waals surface area contributed by atoms with Gasteiger partial charge < -0.3 is 45.4 Å². The molecule has 0 radical (unpaired) electrons. The minimum Gasteiger partial charge on any atom is -0.480 e. The summed E-state index contributed by atoms with van der Waals surface area (Å²) < 4.78 is 10.9. The van der Waals surface area contributed by atoms with Gasteiger partial charge in [-0.05, 0) is 25.7 Å². The van der Waals surface area contributed by atoms with Crippen molar-refractivity contribution >= 4 is 11.9 Å². The summed E-state index contributed by atoms with van der Waals surface area (Å²) >= 11 is 0. The van der Waals surface area contributed by atoms with Crippen molar-refractivity contribution in [2.45, 2.75) is 313 Å². The van der Waals surface area contributed by atoms with Crippen LogP contribution in [0.3, 0.4) is 0 Å². The van der Waals surface area contributed by atoms with Gasteiger partial charge in [0.1, 0.15) is 31.0 Å². The fraction of sp³-hybridized carbons (Fsp3) is 0.962. The number of carbonyl (C=O) groups is 2. The number of amides is 1. The van der Waals surface area contributed by atoms with Gasteiger partial charge in [0, 0.05) is 6.42 Å². The average molecular weight is 914 g/mol. The van der Waals surface area contributed by atoms with Gasteiger partial charge in [-0.1, -0.05) is 232 Å². The third-order valence-corrected chi connectivity index (χ3v) is 13.6. The van der Waals surface area contributed by atoms with Crippen LogP contribution in [0.1, 0.15) is 264 Å². The number of aliphatic hydroxyl groups is 5. The first-order valence-electron chi connectivity index (χ1n) is 27.3. The molecule has 0 aromatic rings. The Morgan fingerprint density at radius 3 is 1.25 bits per heavy atom. The molecule has 1 fully saturated rings. The zero-order valence-electron chi connectivity index (χ0n) is 41.4. The summed E-state index contributed by atoms with van der Waals surface area (Å²) in [5, 5.41) is 66.0. The first-order chi connectivity index (χ1) is 31.1. The molecule has 8 atom stereocenters. The highest BCUT2D eigenvalue weighted by molar-refractivity contribution is 5.76. The van der Waals surface area contributed by atoms with Crippen LogP contribution in [-0.2, 0) is 19.1 Å². The molecule has 0 aromatic heterocycles. The van der Waals surface area contributed by atoms with E-state index in [0.717, 1.165) is 38.5 Å². The lowest BCUT2D eigenvalue weighted by Gasteiger charge is -2.41. The van der Waals surface area contributed by atoms with Crippen molar-refractivity contribution in [1.29, 1.82) is 0 Å². The molecule has 380 valence electrons. The smallest absolute Gasteiger partial charge is 0.329 e. The second kappa shape index (κ2) is 43.0. The van der Waals surface area contributed by atoms with Gasteiger partial charge in [-0.2, -0.15) is 0 Å². The molecule has 0 saturated carbocycles. The van der Waals surface area contributed by atoms with Crippen molar-refractivity contribution in [3.05, 3.63) is 0 Å². The number of rotatable bonds is 47. The van der Waals surface area contributed by atoms with Crippen molar-refractivity contribution in [3.8, 4) is 0 Å². The summed E-state index contributed by atoms with van der Waals surface area (Å²) in [5.41, 5.74) is 0. The third kappa shape index (κ3) is 33.2. The number of hydrogen-bond acceptors (Lipinski definition) is 9. The summed E-state index contributed by atoms with van der Waals surface area (Å²) in [7, 11) is 0. The number of carboxylic acids is 1. The predicted molar refractivity (Wildman–Crippen MR) is 260 cm³/mol. The van der Waals surface area contributed by atoms with Crippen LogP contribution in [-0.4, -0.2) is 104 Å². The molecule has 11 heteroatoms. The maximum absolute atomic E-state index is 13.2. The number of carbonyl (C=O) groups excluding carboxylic acids is 1. The van der Waals surface area contributed by atoms with Crippen LogP contribution in [0.4, 0.5) is 0 Å². The Kier molecular flexibility index (Phi) is 40.7. The van der Waals surface area contributed by atoms with Gasteiger partial charge in [0.25, 0.3) is 0 Å². The van der Waals surface area contributed by atoms with Crippen LogP contribution in [0, 0.1) is 0 Å². The molecule has 7 N–H and O–H groups in total. The second-order valence-electron chi connectivity index (χ2n) is 19.6. The highest BCUT2D eigenvalue weighted by Gasteiger charge is 2.44. The van der Waals surface area contributed by atoms with E-state index in [2.05, 4.69) is 19.2 Å². The Morgan fingerprint density at radius 1 is 0.500 bits per heavy atom. The van der Waals surface area contributed by atoms with Crippen LogP contribution in [0.5, 0.6) is 0 Å². The lowest BCUT2D eigenvalue weighted by molar-refractivity contribution is -0.234. The zero-order valence-corrected chi connectivity index (χ0v) is 41.4. The Hall–Kier alpha value is -1.34. The second-order valence-corrected chi connectivity index (χ2v) is 19.6. The van der Waals surface area contributed by atoms with Crippen LogP contribution in [0.25, 0.3) is 0 Å². The van der Waals surface area contributed by atoms with E-state index in [1.54, 1.807) is 0 Å². The first-order valence-corrected chi connectivity index (χ1v) is 27.3. The quantitative estimate of drug-likeness (QED) is 0.0290. The Balaban J connectivity index is 2.38. The largest absolute Gasteiger partial charge is 0.480 e. The van der Waals surface area contributed by atoms with Crippen molar-refractivity contribution in [1.82, 2.24) is 5.32 Å². The molecule has 0 aliphatic carbocycles. The maximum atomic E-state index is 13.2. The summed E-state index contributed by atoms with van der Waals surface area (Å²) in [6.07, 6.45) is 36.6. The molecular formula is C53H103NO10. The molecule has 1 aliphatic rings. The molecule has 1 amide bonds. The summed E-state index contributed by atoms with van der Waals surface area (Å²) in [6, 6.07) is -0.814. The zero-order chi connectivity index (χ0) is 46.9. The topological polar surface area (TPSA) is 186 Å². The molecular weight excluding hydrogens is 811 g/mol. The van der Waals surface area contributed by atoms with Gasteiger partial charge in [0.2, 0.25) is 5.91 Å². The van der Waals surface area contributed by atoms with E-state index >= 15 is 0 Å². The lowest BCUT2D eigenvalue weighted by Crippen LogP contribution is -2.59. The molecule has 1 rings (SSSR count). The van der Waals surface area contributed by atoms with E-state index in [-0.39, 0.29) is 25.4 Å². The van der Waals surface area contributed by atoms with Gasteiger partial charge in [-0.3, -0.25) is 4.79 Å². The van der Waals surface area contributed by atoms with Crippen molar-refractivity contribution in [2.75, 3.05) is 13.2 Å². The predicted octanol–water partition coefficient (Wildman–Crippen LogP) is 11.4. The number of nitrogens with one attached hydrogen (secondary N) is 1. The highest BCUT2D eigenvalue weighted by atomic mass is 16.6. The maximum Gasteiger partial charge on any atom is 0.329 e. The standard InChI is InChI=1S/C53H103NO10/c1-3-5-7-9-11-13-15-17-18-19-20-21-22-23-24-25-26-27-29-31-33-35-37-39-48(56)54-44(40-41-46-51(60)53(62)52(61)47(64-46)42-63-43-49(57)58)50(59)45(55)38-36-34-32-30-28-16-14-12-10-8-6-4-2/h44-47,50-53,55,59-62H,3-43H2,1-2H3,(H,54,56)(H,57,58)/t44-,45+,46+,47+,50-,51-,52-,53+/m0/s1. The summed E-state index contributed by atoms with van der Waals surface area (Å²) in [5.74, 6) is -1.39. The van der Waals surface area contributed by atoms with E-state index in [1.807, 2.05) is 0 Å². The third-order valence-electron chi connectivity index (χ3n) is 13.6. The summed E-state index contributed by atoms with van der Waals surface area (Å²) in [6.45, 7) is 3.62. The van der Waals surface area contributed by atoms with Crippen molar-refractivity contribution < 1.29 is 49.7 Å². The van der Waals surface area contributed by atoms with E-state index in [9.17, 15) is 35.1 Å². The van der Waals surface area contributed by atoms with Crippen molar-refractivity contribution in [3.63, 3.8) is 0 Å². The number of hydrogen-bond donors (Lipinski definition) is 7. The lowest BCUT2D eigenvalue weighted by atomic mass is 9.90. The number of aliphatic carboxylic acids is 1. The van der Waals surface area contributed by atoms with E-state index < -0.39 is 61.3 Å². The molecule has 0 unspecified atom stereocenters. The number of carboxylic acid groups (broad SMARTS) is 1. The SMILES string of the molecule is CCCCCCCCCCCCCCCCCCCCCCCCCC(=O)N[C@@H](CC[C@H]1O[C@H](COCC(=O)O)[C@H](O)[C@H](O)[C@H]1O)[C@H](O)[C@H](O)CCCCCCCCCCCCCC. The van der Waals surface area contributed by atoms with Crippen LogP contribution >= 0.6 is 0 Å². The fourth-order valence-electron chi connectivity index (χ4n) is 9.32. The van der Waals surface area contributed by atoms with Gasteiger partial charge in [-0.15, -0.1) is 0 Å². The normalized spacial score (nSPS) is 20.3. The molecule has 0 bridgehead atoms. The number of ether oxygens (including phenoxy) is 2. The Bertz CT molecular complexity index is 1050. The summed E-state index contributed by atoms with van der Waals surface area (Å²) in [4.78, 5) is 24.1. The van der Waals surface area contributed by atoms with Crippen LogP contribution in [0.15, 0.2) is 0 Å². The number of unbranched alkanes of at least 4 members (excludes halogenated alkanes) is 33. The highest BCUT2D eigenvalue weighted by Crippen LogP contribution is 2.26. The molecule has 1 aliphatic heterocycles. The molecule has 0 aromatic carbocycles. The Morgan fingerprint density at radius 2 is 0.859 bits per heavy atom. The fourth-order valence-corrected chi connectivity index (χ4v) is 9.32. The van der Waals surface area contributed by atoms with Crippen molar-refractivity contribution in [2.24, 2.45) is 0 Å². The van der Waals surface area contributed by atoms with Crippen LogP contribution < -0.4 is 5.32 Å². The first kappa shape index (κ1) is 60.7. The molecule has 1 saturated heterocycles. The molecule has 0 spiro atoms. The molecule has 64 heavy (non-hydrogen) atoms. The molecule has 11 nitrogen and oxygen atoms in total. The monoisotopic (exact) mass is 914 g/mol. The van der Waals surface area contributed by atoms with E-state index in [1.165, 1.54) is 186 Å². The minimum absolute atomic E-state index is 0.104. The van der Waals surface area contributed by atoms with Crippen LogP contribution in [0.2, 0.25) is 0 Å². The van der Waals surface area contributed by atoms with Gasteiger partial charge in [-0.25, -0.2) is 4.79 Å². The molecule has 1 heterocycles. The van der Waals surface area contributed by atoms with Gasteiger partial charge in [0.05, 0.1) is 31.0 Å². The van der Waals surface area contributed by atoms with E-state index in [0.29, 0.717) is 12.8 Å². The van der Waals surface area contributed by atoms with Gasteiger partial charge in [0.15, 0.2) is 0 Å². The average Bonchev–Trinajstić information content (AvgIpc) is 3.28. The van der Waals surface area contributed by atoms with E-state index in [4.69, 9.17) is 14.6 Å². The number of aliphatic hydroxyl groups excluding tert-OH is 5. The van der Waals surface area contributed by atoms with Gasteiger partial charge >= 0.3 is 5.97 Å². The Labute approximate surface area is 392 Å².